The maximum Gasteiger partial charge on any atom is 0.226 e. The lowest BCUT2D eigenvalue weighted by Crippen LogP contribution is -2.29. The molecule has 4 rings (SSSR count). The number of rotatable bonds is 8. The third-order valence-electron chi connectivity index (χ3n) is 4.78. The van der Waals surface area contributed by atoms with Gasteiger partial charge in [0.25, 0.3) is 0 Å². The van der Waals surface area contributed by atoms with Crippen LogP contribution in [0.2, 0.25) is 0 Å². The highest BCUT2D eigenvalue weighted by molar-refractivity contribution is 5.92. The number of nitrogens with zero attached hydrogens (tertiary/aromatic N) is 3. The molecule has 6 heteroatoms. The first-order valence-corrected chi connectivity index (χ1v) is 10.1. The van der Waals surface area contributed by atoms with E-state index in [0.717, 1.165) is 35.4 Å². The average Bonchev–Trinajstić information content (AvgIpc) is 3.32. The molecule has 0 bridgehead atoms. The van der Waals surface area contributed by atoms with Gasteiger partial charge in [-0.1, -0.05) is 37.3 Å². The molecule has 6 nitrogen and oxygen atoms in total. The molecule has 0 aliphatic carbocycles. The van der Waals surface area contributed by atoms with Crippen LogP contribution in [-0.2, 0) is 4.79 Å². The third-order valence-corrected chi connectivity index (χ3v) is 4.78. The van der Waals surface area contributed by atoms with Gasteiger partial charge in [-0.05, 0) is 42.8 Å². The number of furan rings is 1. The summed E-state index contributed by atoms with van der Waals surface area (Å²) in [6, 6.07) is 21.1. The van der Waals surface area contributed by atoms with E-state index in [0.29, 0.717) is 24.6 Å². The van der Waals surface area contributed by atoms with Gasteiger partial charge in [-0.2, -0.15) is 0 Å². The minimum absolute atomic E-state index is 0.0214. The molecular weight excluding hydrogens is 376 g/mol. The van der Waals surface area contributed by atoms with E-state index in [1.165, 1.54) is 0 Å². The van der Waals surface area contributed by atoms with E-state index in [-0.39, 0.29) is 5.91 Å². The molecule has 0 saturated heterocycles. The molecule has 4 aromatic rings. The fraction of sp³-hybridized carbons (Fsp3) is 0.208. The van der Waals surface area contributed by atoms with E-state index in [4.69, 9.17) is 9.40 Å². The van der Waals surface area contributed by atoms with Crippen molar-refractivity contribution in [1.29, 1.82) is 0 Å². The second kappa shape index (κ2) is 9.22. The maximum absolute atomic E-state index is 12.5. The molecule has 0 unspecified atom stereocenters. The minimum Gasteiger partial charge on any atom is -0.461 e. The number of fused-ring (bicyclic) bond motifs is 1. The van der Waals surface area contributed by atoms with Crippen LogP contribution in [0.15, 0.2) is 77.4 Å². The Hall–Kier alpha value is -3.67. The number of aromatic nitrogens is 2. The highest BCUT2D eigenvalue weighted by Gasteiger charge is 2.17. The summed E-state index contributed by atoms with van der Waals surface area (Å²) in [6.45, 7) is 3.47. The van der Waals surface area contributed by atoms with Crippen molar-refractivity contribution in [3.05, 3.63) is 73.0 Å². The number of carbonyl (C=O) groups excluding carboxylic acids is 1. The molecule has 152 valence electrons. The Morgan fingerprint density at radius 1 is 0.967 bits per heavy atom. The predicted octanol–water partition coefficient (Wildman–Crippen LogP) is 5.14. The Morgan fingerprint density at radius 2 is 1.77 bits per heavy atom. The van der Waals surface area contributed by atoms with Gasteiger partial charge >= 0.3 is 0 Å². The number of para-hydroxylation sites is 2. The molecule has 0 spiro atoms. The van der Waals surface area contributed by atoms with Gasteiger partial charge in [0.05, 0.1) is 11.8 Å². The molecule has 0 fully saturated rings. The Bertz CT molecular complexity index is 1110. The summed E-state index contributed by atoms with van der Waals surface area (Å²) in [4.78, 5) is 24.1. The summed E-state index contributed by atoms with van der Waals surface area (Å²) in [5, 5.41) is 3.91. The molecule has 0 saturated carbocycles. The number of carbonyl (C=O) groups is 1. The first-order chi connectivity index (χ1) is 14.7. The van der Waals surface area contributed by atoms with Crippen LogP contribution in [0.4, 0.5) is 11.5 Å². The van der Waals surface area contributed by atoms with Gasteiger partial charge in [0.1, 0.15) is 5.82 Å². The van der Waals surface area contributed by atoms with Crippen LogP contribution >= 0.6 is 0 Å². The summed E-state index contributed by atoms with van der Waals surface area (Å²) in [6.07, 6.45) is 2.92. The summed E-state index contributed by atoms with van der Waals surface area (Å²) >= 11 is 0. The lowest BCUT2D eigenvalue weighted by atomic mass is 10.2. The van der Waals surface area contributed by atoms with Crippen LogP contribution in [0.5, 0.6) is 0 Å². The van der Waals surface area contributed by atoms with E-state index in [2.05, 4.69) is 22.1 Å². The van der Waals surface area contributed by atoms with Gasteiger partial charge in [0.15, 0.2) is 11.6 Å². The van der Waals surface area contributed by atoms with E-state index in [1.54, 1.807) is 6.26 Å². The molecule has 30 heavy (non-hydrogen) atoms. The fourth-order valence-corrected chi connectivity index (χ4v) is 3.39. The molecule has 0 aliphatic heterocycles. The fourth-order valence-electron chi connectivity index (χ4n) is 3.39. The first-order valence-electron chi connectivity index (χ1n) is 10.1. The maximum atomic E-state index is 12.5. The van der Waals surface area contributed by atoms with Crippen LogP contribution in [0.25, 0.3) is 22.5 Å². The monoisotopic (exact) mass is 400 g/mol. The zero-order valence-corrected chi connectivity index (χ0v) is 16.9. The predicted molar refractivity (Wildman–Crippen MR) is 119 cm³/mol. The standard InChI is InChI=1S/C24H24N4O2/c1-2-15-28(16-14-22(29)25-18-9-4-3-5-10-18)24-19-11-6-7-12-20(19)26-23(27-24)21-13-8-17-30-21/h3-13,17H,2,14-16H2,1H3,(H,25,29). The smallest absolute Gasteiger partial charge is 0.226 e. The van der Waals surface area contributed by atoms with Gasteiger partial charge in [0, 0.05) is 30.6 Å². The lowest BCUT2D eigenvalue weighted by molar-refractivity contribution is -0.116. The number of amides is 1. The average molecular weight is 400 g/mol. The van der Waals surface area contributed by atoms with Gasteiger partial charge in [0.2, 0.25) is 5.91 Å². The first kappa shape index (κ1) is 19.6. The molecular formula is C24H24N4O2. The lowest BCUT2D eigenvalue weighted by Gasteiger charge is -2.24. The van der Waals surface area contributed by atoms with Crippen molar-refractivity contribution in [2.75, 3.05) is 23.3 Å². The van der Waals surface area contributed by atoms with Crippen LogP contribution in [0, 0.1) is 0 Å². The highest BCUT2D eigenvalue weighted by atomic mass is 16.3. The van der Waals surface area contributed by atoms with E-state index >= 15 is 0 Å². The van der Waals surface area contributed by atoms with Crippen molar-refractivity contribution in [2.24, 2.45) is 0 Å². The summed E-state index contributed by atoms with van der Waals surface area (Å²) in [5.74, 6) is 1.97. The number of hydrogen-bond donors (Lipinski definition) is 1. The quantitative estimate of drug-likeness (QED) is 0.444. The summed E-state index contributed by atoms with van der Waals surface area (Å²) in [5.41, 5.74) is 1.65. The van der Waals surface area contributed by atoms with Gasteiger partial charge < -0.3 is 14.6 Å². The summed E-state index contributed by atoms with van der Waals surface area (Å²) < 4.78 is 5.52. The van der Waals surface area contributed by atoms with E-state index < -0.39 is 0 Å². The van der Waals surface area contributed by atoms with Crippen LogP contribution in [0.3, 0.4) is 0 Å². The van der Waals surface area contributed by atoms with Gasteiger partial charge in [-0.25, -0.2) is 9.97 Å². The zero-order valence-electron chi connectivity index (χ0n) is 16.9. The SMILES string of the molecule is CCCN(CCC(=O)Nc1ccccc1)c1nc(-c2ccco2)nc2ccccc12. The van der Waals surface area contributed by atoms with Crippen molar-refractivity contribution in [3.8, 4) is 11.6 Å². The molecule has 0 atom stereocenters. The minimum atomic E-state index is -0.0214. The number of anilines is 2. The largest absolute Gasteiger partial charge is 0.461 e. The van der Waals surface area contributed by atoms with E-state index in [1.807, 2.05) is 66.7 Å². The Kier molecular flexibility index (Phi) is 6.03. The third kappa shape index (κ3) is 4.49. The molecule has 0 radical (unpaired) electrons. The van der Waals surface area contributed by atoms with Crippen molar-refractivity contribution in [3.63, 3.8) is 0 Å². The van der Waals surface area contributed by atoms with E-state index in [9.17, 15) is 4.79 Å². The van der Waals surface area contributed by atoms with Gasteiger partial charge in [-0.15, -0.1) is 0 Å². The van der Waals surface area contributed by atoms with Crippen molar-refractivity contribution < 1.29 is 9.21 Å². The molecule has 1 amide bonds. The van der Waals surface area contributed by atoms with Crippen LogP contribution in [-0.4, -0.2) is 29.0 Å². The van der Waals surface area contributed by atoms with Crippen molar-refractivity contribution >= 4 is 28.3 Å². The Morgan fingerprint density at radius 3 is 2.53 bits per heavy atom. The topological polar surface area (TPSA) is 71.3 Å². The number of hydrogen-bond acceptors (Lipinski definition) is 5. The molecule has 1 N–H and O–H groups in total. The Labute approximate surface area is 175 Å². The number of benzene rings is 2. The van der Waals surface area contributed by atoms with Gasteiger partial charge in [-0.3, -0.25) is 4.79 Å². The van der Waals surface area contributed by atoms with Crippen molar-refractivity contribution in [1.82, 2.24) is 9.97 Å². The second-order valence-electron chi connectivity index (χ2n) is 7.02. The second-order valence-corrected chi connectivity index (χ2v) is 7.02. The molecule has 2 heterocycles. The van der Waals surface area contributed by atoms with Crippen LogP contribution < -0.4 is 10.2 Å². The highest BCUT2D eigenvalue weighted by Crippen LogP contribution is 2.28. The summed E-state index contributed by atoms with van der Waals surface area (Å²) in [7, 11) is 0. The van der Waals surface area contributed by atoms with Crippen LogP contribution in [0.1, 0.15) is 19.8 Å². The Balaban J connectivity index is 1.60. The molecule has 2 aromatic heterocycles. The molecule has 2 aromatic carbocycles. The zero-order chi connectivity index (χ0) is 20.8. The number of nitrogens with one attached hydrogen (secondary N) is 1. The molecule has 0 aliphatic rings. The van der Waals surface area contributed by atoms with Crippen molar-refractivity contribution in [2.45, 2.75) is 19.8 Å². The normalized spacial score (nSPS) is 10.8.